The van der Waals surface area contributed by atoms with Crippen molar-refractivity contribution in [2.75, 3.05) is 13.1 Å². The largest absolute Gasteiger partial charge is 0.298 e. The van der Waals surface area contributed by atoms with Gasteiger partial charge in [0, 0.05) is 19.3 Å². The van der Waals surface area contributed by atoms with E-state index in [2.05, 4.69) is 17.0 Å². The molecule has 9 heavy (non-hydrogen) atoms. The van der Waals surface area contributed by atoms with Crippen molar-refractivity contribution in [1.29, 1.82) is 0 Å². The van der Waals surface area contributed by atoms with Crippen molar-refractivity contribution in [1.82, 2.24) is 5.01 Å². The number of nitrogens with zero attached hydrogens (tertiary/aromatic N) is 2. The van der Waals surface area contributed by atoms with Crippen LogP contribution < -0.4 is 0 Å². The van der Waals surface area contributed by atoms with E-state index in [1.807, 2.05) is 6.21 Å². The second-order valence-electron chi connectivity index (χ2n) is 2.34. The van der Waals surface area contributed by atoms with Crippen LogP contribution in [0.5, 0.6) is 0 Å². The molecule has 1 rings (SSSR count). The molecule has 0 saturated carbocycles. The summed E-state index contributed by atoms with van der Waals surface area (Å²) >= 11 is 0. The zero-order valence-corrected chi connectivity index (χ0v) is 6.01. The Kier molecular flexibility index (Phi) is 2.55. The van der Waals surface area contributed by atoms with Gasteiger partial charge in [-0.1, -0.05) is 0 Å². The summed E-state index contributed by atoms with van der Waals surface area (Å²) in [5.74, 6) is 0. The summed E-state index contributed by atoms with van der Waals surface area (Å²) in [6, 6.07) is 0. The average Bonchev–Trinajstić information content (AvgIpc) is 2.13. The topological polar surface area (TPSA) is 15.6 Å². The van der Waals surface area contributed by atoms with Gasteiger partial charge in [0.05, 0.1) is 0 Å². The Morgan fingerprint density at radius 1 is 1.56 bits per heavy atom. The highest BCUT2D eigenvalue weighted by atomic mass is 15.4. The fourth-order valence-corrected chi connectivity index (χ4v) is 1.00. The smallest absolute Gasteiger partial charge is 0.0360 e. The van der Waals surface area contributed by atoms with Gasteiger partial charge >= 0.3 is 0 Å². The van der Waals surface area contributed by atoms with E-state index in [9.17, 15) is 0 Å². The molecule has 0 aromatic heterocycles. The minimum Gasteiger partial charge on any atom is -0.298 e. The second kappa shape index (κ2) is 3.49. The fourth-order valence-electron chi connectivity index (χ4n) is 1.00. The Bertz CT molecular complexity index is 99.1. The maximum atomic E-state index is 4.25. The van der Waals surface area contributed by atoms with Crippen molar-refractivity contribution >= 4 is 6.21 Å². The summed E-state index contributed by atoms with van der Waals surface area (Å²) in [5.41, 5.74) is 0. The summed E-state index contributed by atoms with van der Waals surface area (Å²) in [4.78, 5) is 0. The van der Waals surface area contributed by atoms with Gasteiger partial charge in [0.15, 0.2) is 0 Å². The summed E-state index contributed by atoms with van der Waals surface area (Å²) in [7, 11) is 0. The van der Waals surface area contributed by atoms with E-state index in [1.165, 1.54) is 12.8 Å². The van der Waals surface area contributed by atoms with Crippen LogP contribution in [0.4, 0.5) is 0 Å². The molecule has 0 unspecified atom stereocenters. The summed E-state index contributed by atoms with van der Waals surface area (Å²) in [6.45, 7) is 4.34. The van der Waals surface area contributed by atoms with Crippen molar-refractivity contribution in [2.24, 2.45) is 5.10 Å². The number of hydrazone groups is 1. The van der Waals surface area contributed by atoms with E-state index in [0.717, 1.165) is 19.5 Å². The van der Waals surface area contributed by atoms with Crippen molar-refractivity contribution in [3.05, 3.63) is 0 Å². The SMILES string of the molecule is CCN1CCCCC=N1. The Hall–Kier alpha value is -0.530. The predicted molar refractivity (Wildman–Crippen MR) is 39.6 cm³/mol. The summed E-state index contributed by atoms with van der Waals surface area (Å²) in [5, 5.41) is 6.37. The van der Waals surface area contributed by atoms with Crippen LogP contribution in [0.1, 0.15) is 26.2 Å². The predicted octanol–water partition coefficient (Wildman–Crippen LogP) is 1.48. The Morgan fingerprint density at radius 3 is 3.22 bits per heavy atom. The van der Waals surface area contributed by atoms with E-state index in [4.69, 9.17) is 0 Å². The van der Waals surface area contributed by atoms with E-state index in [0.29, 0.717) is 0 Å². The fraction of sp³-hybridized carbons (Fsp3) is 0.857. The molecule has 1 heterocycles. The van der Waals surface area contributed by atoms with Crippen LogP contribution >= 0.6 is 0 Å². The average molecular weight is 126 g/mol. The molecule has 0 fully saturated rings. The molecule has 0 aromatic carbocycles. The van der Waals surface area contributed by atoms with Crippen LogP contribution in [-0.2, 0) is 0 Å². The lowest BCUT2D eigenvalue weighted by Crippen LogP contribution is -2.16. The van der Waals surface area contributed by atoms with Crippen LogP contribution in [0, 0.1) is 0 Å². The lowest BCUT2D eigenvalue weighted by atomic mass is 10.2. The maximum absolute atomic E-state index is 4.25. The van der Waals surface area contributed by atoms with Crippen LogP contribution in [0.3, 0.4) is 0 Å². The molecule has 0 saturated heterocycles. The van der Waals surface area contributed by atoms with Gasteiger partial charge in [-0.15, -0.1) is 0 Å². The van der Waals surface area contributed by atoms with Crippen LogP contribution in [-0.4, -0.2) is 24.3 Å². The van der Waals surface area contributed by atoms with E-state index < -0.39 is 0 Å². The lowest BCUT2D eigenvalue weighted by Gasteiger charge is -2.13. The molecule has 0 spiro atoms. The first-order chi connectivity index (χ1) is 4.43. The molecular formula is C7H14N2. The molecule has 0 amide bonds. The molecule has 2 heteroatoms. The molecule has 0 radical (unpaired) electrons. The first-order valence-electron chi connectivity index (χ1n) is 3.71. The highest BCUT2D eigenvalue weighted by Crippen LogP contribution is 2.02. The second-order valence-corrected chi connectivity index (χ2v) is 2.34. The first-order valence-corrected chi connectivity index (χ1v) is 3.71. The van der Waals surface area contributed by atoms with E-state index >= 15 is 0 Å². The highest BCUT2D eigenvalue weighted by Gasteiger charge is 1.98. The molecule has 2 nitrogen and oxygen atoms in total. The standard InChI is InChI=1S/C7H14N2/c1-2-9-7-5-3-4-6-8-9/h6H,2-5,7H2,1H3. The molecule has 0 aliphatic carbocycles. The van der Waals surface area contributed by atoms with Gasteiger partial charge in [0.25, 0.3) is 0 Å². The summed E-state index contributed by atoms with van der Waals surface area (Å²) < 4.78 is 0. The third kappa shape index (κ3) is 2.04. The van der Waals surface area contributed by atoms with E-state index in [1.54, 1.807) is 0 Å². The van der Waals surface area contributed by atoms with Gasteiger partial charge in [-0.25, -0.2) is 0 Å². The van der Waals surface area contributed by atoms with E-state index in [-0.39, 0.29) is 0 Å². The molecule has 0 aromatic rings. The van der Waals surface area contributed by atoms with Crippen molar-refractivity contribution < 1.29 is 0 Å². The van der Waals surface area contributed by atoms with Gasteiger partial charge in [0.2, 0.25) is 0 Å². The highest BCUT2D eigenvalue weighted by molar-refractivity contribution is 5.56. The first kappa shape index (κ1) is 6.59. The van der Waals surface area contributed by atoms with Gasteiger partial charge in [-0.2, -0.15) is 5.10 Å². The minimum atomic E-state index is 1.05. The third-order valence-electron chi connectivity index (χ3n) is 1.61. The number of hydrogen-bond acceptors (Lipinski definition) is 2. The molecule has 0 atom stereocenters. The van der Waals surface area contributed by atoms with Crippen LogP contribution in [0.25, 0.3) is 0 Å². The molecular weight excluding hydrogens is 112 g/mol. The Labute approximate surface area is 56.5 Å². The normalized spacial score (nSPS) is 19.9. The zero-order chi connectivity index (χ0) is 6.53. The lowest BCUT2D eigenvalue weighted by molar-refractivity contribution is 0.306. The van der Waals surface area contributed by atoms with Gasteiger partial charge in [-0.05, 0) is 26.2 Å². The van der Waals surface area contributed by atoms with Crippen molar-refractivity contribution in [3.8, 4) is 0 Å². The maximum Gasteiger partial charge on any atom is 0.0360 e. The van der Waals surface area contributed by atoms with Crippen molar-refractivity contribution in [2.45, 2.75) is 26.2 Å². The van der Waals surface area contributed by atoms with Gasteiger partial charge in [-0.3, -0.25) is 5.01 Å². The molecule has 0 N–H and O–H groups in total. The Balaban J connectivity index is 2.33. The molecule has 52 valence electrons. The van der Waals surface area contributed by atoms with Gasteiger partial charge in [0.1, 0.15) is 0 Å². The molecule has 0 bridgehead atoms. The van der Waals surface area contributed by atoms with Gasteiger partial charge < -0.3 is 0 Å². The minimum absolute atomic E-state index is 1.05. The third-order valence-corrected chi connectivity index (χ3v) is 1.61. The molecule has 1 aliphatic rings. The Morgan fingerprint density at radius 2 is 2.44 bits per heavy atom. The quantitative estimate of drug-likeness (QED) is 0.519. The zero-order valence-electron chi connectivity index (χ0n) is 6.01. The number of rotatable bonds is 1. The summed E-state index contributed by atoms with van der Waals surface area (Å²) in [6.07, 6.45) is 5.79. The monoisotopic (exact) mass is 126 g/mol. The van der Waals surface area contributed by atoms with Crippen LogP contribution in [0.2, 0.25) is 0 Å². The molecule has 1 aliphatic heterocycles. The van der Waals surface area contributed by atoms with Crippen LogP contribution in [0.15, 0.2) is 5.10 Å². The number of hydrogen-bond donors (Lipinski definition) is 0. The van der Waals surface area contributed by atoms with Crippen molar-refractivity contribution in [3.63, 3.8) is 0 Å².